The Morgan fingerprint density at radius 1 is 1.04 bits per heavy atom. The van der Waals surface area contributed by atoms with Gasteiger partial charge in [-0.1, -0.05) is 11.6 Å². The van der Waals surface area contributed by atoms with Gasteiger partial charge in [-0.15, -0.1) is 0 Å². The lowest BCUT2D eigenvalue weighted by molar-refractivity contribution is 0.0917. The van der Waals surface area contributed by atoms with E-state index in [4.69, 9.17) is 33.0 Å². The number of nitrogens with one attached hydrogen (secondary N) is 3. The van der Waals surface area contributed by atoms with Crippen molar-refractivity contribution in [3.05, 3.63) is 71.4 Å². The number of hydrazine groups is 1. The summed E-state index contributed by atoms with van der Waals surface area (Å²) < 4.78 is 11.0. The van der Waals surface area contributed by atoms with Crippen LogP contribution in [0.25, 0.3) is 11.3 Å². The Hall–Kier alpha value is -3.03. The zero-order valence-corrected chi connectivity index (χ0v) is 16.6. The molecule has 0 saturated heterocycles. The van der Waals surface area contributed by atoms with Gasteiger partial charge < -0.3 is 14.5 Å². The molecule has 0 fully saturated rings. The molecule has 0 atom stereocenters. The summed E-state index contributed by atoms with van der Waals surface area (Å²) in [6.07, 6.45) is 0. The molecular weight excluding hydrogens is 398 g/mol. The zero-order chi connectivity index (χ0) is 19.9. The normalized spacial score (nSPS) is 10.2. The van der Waals surface area contributed by atoms with Gasteiger partial charge in [-0.05, 0) is 79.8 Å². The standard InChI is InChI=1S/C20H18ClN3O3S/c1-2-26-16-9-7-15(8-10-16)22-20(28)24-23-19(25)18-12-11-17(27-18)13-3-5-14(21)6-4-13/h3-12H,2H2,1H3,(H,23,25)(H2,22,24,28). The van der Waals surface area contributed by atoms with Crippen molar-refractivity contribution in [2.45, 2.75) is 6.92 Å². The number of halogens is 1. The van der Waals surface area contributed by atoms with Gasteiger partial charge in [0.25, 0.3) is 0 Å². The van der Waals surface area contributed by atoms with Gasteiger partial charge in [0.2, 0.25) is 0 Å². The number of furan rings is 1. The zero-order valence-electron chi connectivity index (χ0n) is 15.0. The highest BCUT2D eigenvalue weighted by atomic mass is 35.5. The van der Waals surface area contributed by atoms with E-state index in [1.807, 2.05) is 43.3 Å². The number of hydrogen-bond acceptors (Lipinski definition) is 4. The molecule has 0 radical (unpaired) electrons. The number of carbonyl (C=O) groups excluding carboxylic acids is 1. The third kappa shape index (κ3) is 5.25. The van der Waals surface area contributed by atoms with Crippen LogP contribution in [-0.2, 0) is 0 Å². The van der Waals surface area contributed by atoms with Crippen molar-refractivity contribution in [1.82, 2.24) is 10.9 Å². The SMILES string of the molecule is CCOc1ccc(NC(=S)NNC(=O)c2ccc(-c3ccc(Cl)cc3)o2)cc1. The minimum atomic E-state index is -0.448. The predicted octanol–water partition coefficient (Wildman–Crippen LogP) is 4.63. The van der Waals surface area contributed by atoms with E-state index in [1.165, 1.54) is 0 Å². The molecule has 2 aromatic carbocycles. The molecule has 144 valence electrons. The van der Waals surface area contributed by atoms with Crippen LogP contribution in [0.15, 0.2) is 65.1 Å². The fraction of sp³-hybridized carbons (Fsp3) is 0.100. The van der Waals surface area contributed by atoms with Crippen LogP contribution < -0.4 is 20.9 Å². The molecule has 0 aliphatic heterocycles. The van der Waals surface area contributed by atoms with E-state index in [9.17, 15) is 4.79 Å². The van der Waals surface area contributed by atoms with Gasteiger partial charge in [0.05, 0.1) is 6.61 Å². The maximum atomic E-state index is 12.2. The highest BCUT2D eigenvalue weighted by molar-refractivity contribution is 7.80. The van der Waals surface area contributed by atoms with E-state index in [2.05, 4.69) is 16.2 Å². The Bertz CT molecular complexity index is 956. The minimum Gasteiger partial charge on any atom is -0.494 e. The molecule has 0 aliphatic rings. The first-order valence-electron chi connectivity index (χ1n) is 8.51. The van der Waals surface area contributed by atoms with Crippen molar-refractivity contribution >= 4 is 40.5 Å². The molecule has 0 aliphatic carbocycles. The van der Waals surface area contributed by atoms with E-state index in [0.717, 1.165) is 17.0 Å². The smallest absolute Gasteiger partial charge is 0.305 e. The minimum absolute atomic E-state index is 0.154. The second-order valence-electron chi connectivity index (χ2n) is 5.66. The number of hydrogen-bond donors (Lipinski definition) is 3. The first-order valence-corrected chi connectivity index (χ1v) is 9.30. The summed E-state index contributed by atoms with van der Waals surface area (Å²) in [7, 11) is 0. The van der Waals surface area contributed by atoms with Crippen LogP contribution in [0.5, 0.6) is 5.75 Å². The third-order valence-electron chi connectivity index (χ3n) is 3.67. The van der Waals surface area contributed by atoms with Crippen molar-refractivity contribution in [2.24, 2.45) is 0 Å². The number of carbonyl (C=O) groups is 1. The second-order valence-corrected chi connectivity index (χ2v) is 6.51. The molecule has 6 nitrogen and oxygen atoms in total. The first kappa shape index (κ1) is 19.7. The molecule has 3 aromatic rings. The fourth-order valence-corrected chi connectivity index (χ4v) is 2.66. The van der Waals surface area contributed by atoms with Gasteiger partial charge in [-0.25, -0.2) is 0 Å². The number of amides is 1. The molecular formula is C20H18ClN3O3S. The maximum absolute atomic E-state index is 12.2. The van der Waals surface area contributed by atoms with Gasteiger partial charge in [0.1, 0.15) is 11.5 Å². The van der Waals surface area contributed by atoms with Crippen LogP contribution in [0.1, 0.15) is 17.5 Å². The van der Waals surface area contributed by atoms with Crippen LogP contribution in [0.4, 0.5) is 5.69 Å². The lowest BCUT2D eigenvalue weighted by atomic mass is 10.2. The topological polar surface area (TPSA) is 75.5 Å². The molecule has 0 spiro atoms. The van der Waals surface area contributed by atoms with E-state index in [0.29, 0.717) is 17.4 Å². The molecule has 3 N–H and O–H groups in total. The Morgan fingerprint density at radius 3 is 2.43 bits per heavy atom. The Morgan fingerprint density at radius 2 is 1.75 bits per heavy atom. The number of rotatable bonds is 5. The lowest BCUT2D eigenvalue weighted by Gasteiger charge is -2.11. The largest absolute Gasteiger partial charge is 0.494 e. The summed E-state index contributed by atoms with van der Waals surface area (Å²) in [6, 6.07) is 17.8. The molecule has 3 rings (SSSR count). The maximum Gasteiger partial charge on any atom is 0.305 e. The Balaban J connectivity index is 1.52. The van der Waals surface area contributed by atoms with Crippen LogP contribution in [0.2, 0.25) is 5.02 Å². The van der Waals surface area contributed by atoms with Gasteiger partial charge in [-0.2, -0.15) is 0 Å². The quantitative estimate of drug-likeness (QED) is 0.416. The van der Waals surface area contributed by atoms with Crippen LogP contribution >= 0.6 is 23.8 Å². The molecule has 1 aromatic heterocycles. The summed E-state index contributed by atoms with van der Waals surface area (Å²) in [5.41, 5.74) is 6.72. The summed E-state index contributed by atoms with van der Waals surface area (Å²) in [5.74, 6) is 1.05. The van der Waals surface area contributed by atoms with Crippen molar-refractivity contribution in [3.8, 4) is 17.1 Å². The molecule has 0 bridgehead atoms. The van der Waals surface area contributed by atoms with Gasteiger partial charge >= 0.3 is 5.91 Å². The van der Waals surface area contributed by atoms with E-state index in [-0.39, 0.29) is 10.9 Å². The highest BCUT2D eigenvalue weighted by Gasteiger charge is 2.12. The summed E-state index contributed by atoms with van der Waals surface area (Å²) >= 11 is 11.0. The van der Waals surface area contributed by atoms with Gasteiger partial charge in [0.15, 0.2) is 10.9 Å². The van der Waals surface area contributed by atoms with Crippen LogP contribution in [0.3, 0.4) is 0 Å². The number of ether oxygens (including phenoxy) is 1. The van der Waals surface area contributed by atoms with E-state index in [1.54, 1.807) is 24.3 Å². The summed E-state index contributed by atoms with van der Waals surface area (Å²) in [5, 5.41) is 3.83. The number of anilines is 1. The Labute approximate surface area is 172 Å². The van der Waals surface area contributed by atoms with E-state index >= 15 is 0 Å². The van der Waals surface area contributed by atoms with Crippen LogP contribution in [-0.4, -0.2) is 17.6 Å². The van der Waals surface area contributed by atoms with Crippen molar-refractivity contribution in [1.29, 1.82) is 0 Å². The summed E-state index contributed by atoms with van der Waals surface area (Å²) in [6.45, 7) is 2.52. The predicted molar refractivity (Wildman–Crippen MR) is 114 cm³/mol. The Kier molecular flexibility index (Phi) is 6.52. The number of benzene rings is 2. The highest BCUT2D eigenvalue weighted by Crippen LogP contribution is 2.23. The van der Waals surface area contributed by atoms with E-state index < -0.39 is 5.91 Å². The number of thiocarbonyl (C=S) groups is 1. The van der Waals surface area contributed by atoms with Crippen molar-refractivity contribution in [2.75, 3.05) is 11.9 Å². The van der Waals surface area contributed by atoms with Gasteiger partial charge in [-0.3, -0.25) is 15.6 Å². The average Bonchev–Trinajstić information content (AvgIpc) is 3.19. The lowest BCUT2D eigenvalue weighted by Crippen LogP contribution is -2.43. The molecule has 0 saturated carbocycles. The third-order valence-corrected chi connectivity index (χ3v) is 4.13. The molecule has 0 unspecified atom stereocenters. The monoisotopic (exact) mass is 415 g/mol. The van der Waals surface area contributed by atoms with Crippen molar-refractivity contribution in [3.63, 3.8) is 0 Å². The van der Waals surface area contributed by atoms with Gasteiger partial charge in [0, 0.05) is 16.3 Å². The average molecular weight is 416 g/mol. The molecule has 28 heavy (non-hydrogen) atoms. The molecule has 1 heterocycles. The molecule has 8 heteroatoms. The first-order chi connectivity index (χ1) is 13.5. The summed E-state index contributed by atoms with van der Waals surface area (Å²) in [4.78, 5) is 12.2. The van der Waals surface area contributed by atoms with Crippen LogP contribution in [0, 0.1) is 0 Å². The molecule has 1 amide bonds. The fourth-order valence-electron chi connectivity index (χ4n) is 2.37. The second kappa shape index (κ2) is 9.25. The van der Waals surface area contributed by atoms with Crippen molar-refractivity contribution < 1.29 is 13.9 Å².